The van der Waals surface area contributed by atoms with Crippen molar-refractivity contribution in [1.82, 2.24) is 34.9 Å². The second-order valence-corrected chi connectivity index (χ2v) is 10.1. The van der Waals surface area contributed by atoms with E-state index in [9.17, 15) is 4.79 Å². The minimum Gasteiger partial charge on any atom is -0.444 e. The van der Waals surface area contributed by atoms with Crippen molar-refractivity contribution in [3.8, 4) is 11.1 Å². The van der Waals surface area contributed by atoms with E-state index in [4.69, 9.17) is 4.74 Å². The van der Waals surface area contributed by atoms with Gasteiger partial charge < -0.3 is 19.9 Å². The highest BCUT2D eigenvalue weighted by molar-refractivity contribution is 5.83. The van der Waals surface area contributed by atoms with Gasteiger partial charge in [-0.1, -0.05) is 6.07 Å². The average Bonchev–Trinajstić information content (AvgIpc) is 3.52. The number of hydrogen-bond donors (Lipinski definition) is 3. The lowest BCUT2D eigenvalue weighted by Gasteiger charge is -2.38. The largest absolute Gasteiger partial charge is 0.444 e. The van der Waals surface area contributed by atoms with Crippen LogP contribution in [0.3, 0.4) is 0 Å². The van der Waals surface area contributed by atoms with E-state index in [1.807, 2.05) is 51.4 Å². The molecule has 0 spiro atoms. The molecular formula is C26H32N8O2. The van der Waals surface area contributed by atoms with E-state index in [0.29, 0.717) is 19.0 Å². The number of ether oxygens (including phenoxy) is 1. The van der Waals surface area contributed by atoms with Gasteiger partial charge >= 0.3 is 6.09 Å². The highest BCUT2D eigenvalue weighted by Gasteiger charge is 2.28. The Bertz CT molecular complexity index is 1330. The van der Waals surface area contributed by atoms with Gasteiger partial charge in [0.15, 0.2) is 0 Å². The highest BCUT2D eigenvalue weighted by atomic mass is 16.6. The molecule has 1 amide bonds. The average molecular weight is 489 g/mol. The lowest BCUT2D eigenvalue weighted by Crippen LogP contribution is -2.50. The predicted octanol–water partition coefficient (Wildman–Crippen LogP) is 4.71. The molecule has 188 valence electrons. The molecule has 1 atom stereocenters. The number of piperazine rings is 1. The normalized spacial score (nSPS) is 15.7. The summed E-state index contributed by atoms with van der Waals surface area (Å²) >= 11 is 0. The third-order valence-electron chi connectivity index (χ3n) is 6.34. The summed E-state index contributed by atoms with van der Waals surface area (Å²) in [6, 6.07) is 10.3. The number of carbonyl (C=O) groups excluding carboxylic acids is 1. The number of aromatic nitrogens is 5. The maximum atomic E-state index is 12.4. The van der Waals surface area contributed by atoms with Crippen LogP contribution in [0.1, 0.15) is 39.3 Å². The zero-order chi connectivity index (χ0) is 25.3. The summed E-state index contributed by atoms with van der Waals surface area (Å²) < 4.78 is 5.52. The molecule has 0 bridgehead atoms. The number of rotatable bonds is 5. The van der Waals surface area contributed by atoms with E-state index >= 15 is 0 Å². The Morgan fingerprint density at radius 2 is 1.92 bits per heavy atom. The van der Waals surface area contributed by atoms with Crippen molar-refractivity contribution in [3.05, 3.63) is 54.5 Å². The van der Waals surface area contributed by atoms with Gasteiger partial charge in [-0.2, -0.15) is 5.10 Å². The number of nitrogens with one attached hydrogen (secondary N) is 3. The lowest BCUT2D eigenvalue weighted by atomic mass is 10.1. The van der Waals surface area contributed by atoms with Crippen molar-refractivity contribution in [2.24, 2.45) is 0 Å². The Kier molecular flexibility index (Phi) is 6.36. The number of amides is 1. The Balaban J connectivity index is 1.23. The van der Waals surface area contributed by atoms with Crippen LogP contribution in [0.2, 0.25) is 0 Å². The van der Waals surface area contributed by atoms with Gasteiger partial charge in [-0.3, -0.25) is 10.00 Å². The quantitative estimate of drug-likeness (QED) is 0.373. The summed E-state index contributed by atoms with van der Waals surface area (Å²) in [6.07, 6.45) is 5.23. The van der Waals surface area contributed by atoms with Gasteiger partial charge in [0.05, 0.1) is 17.2 Å². The van der Waals surface area contributed by atoms with Gasteiger partial charge in [-0.05, 0) is 63.1 Å². The van der Waals surface area contributed by atoms with Crippen molar-refractivity contribution in [1.29, 1.82) is 0 Å². The van der Waals surface area contributed by atoms with Gasteiger partial charge in [-0.25, -0.2) is 14.8 Å². The van der Waals surface area contributed by atoms with Crippen LogP contribution in [-0.4, -0.2) is 72.8 Å². The zero-order valence-corrected chi connectivity index (χ0v) is 21.1. The maximum absolute atomic E-state index is 12.4. The Labute approximate surface area is 210 Å². The number of imidazole rings is 1. The molecule has 1 saturated heterocycles. The molecule has 10 nitrogen and oxygen atoms in total. The number of carbonyl (C=O) groups is 1. The Morgan fingerprint density at radius 1 is 1.11 bits per heavy atom. The van der Waals surface area contributed by atoms with Crippen LogP contribution in [-0.2, 0) is 4.74 Å². The summed E-state index contributed by atoms with van der Waals surface area (Å²) in [5.41, 5.74) is 4.56. The SMILES string of the molecule is CC(c1ccnc(Nc2nc3ccc(-c4cn[nH]c4)cc3[nH]2)c1)N1CCN(C(=O)OC(C)(C)C)CC1. The van der Waals surface area contributed by atoms with Crippen molar-refractivity contribution >= 4 is 28.9 Å². The first kappa shape index (κ1) is 23.8. The van der Waals surface area contributed by atoms with E-state index in [1.165, 1.54) is 0 Å². The van der Waals surface area contributed by atoms with Crippen LogP contribution >= 0.6 is 0 Å². The summed E-state index contributed by atoms with van der Waals surface area (Å²) in [7, 11) is 0. The van der Waals surface area contributed by atoms with Crippen LogP contribution in [0, 0.1) is 0 Å². The van der Waals surface area contributed by atoms with Gasteiger partial charge in [0.2, 0.25) is 5.95 Å². The monoisotopic (exact) mass is 488 g/mol. The molecule has 3 aromatic heterocycles. The summed E-state index contributed by atoms with van der Waals surface area (Å²) in [5.74, 6) is 1.36. The number of fused-ring (bicyclic) bond motifs is 1. The molecular weight excluding hydrogens is 456 g/mol. The fourth-order valence-electron chi connectivity index (χ4n) is 4.38. The summed E-state index contributed by atoms with van der Waals surface area (Å²) in [4.78, 5) is 29.0. The van der Waals surface area contributed by atoms with Crippen LogP contribution in [0.15, 0.2) is 48.9 Å². The molecule has 10 heteroatoms. The molecule has 0 aliphatic carbocycles. The van der Waals surface area contributed by atoms with Gasteiger partial charge in [0.25, 0.3) is 0 Å². The highest BCUT2D eigenvalue weighted by Crippen LogP contribution is 2.27. The standard InChI is InChI=1S/C26H32N8O2/c1-17(33-9-11-34(12-10-33)25(35)36-26(2,3)4)18-7-8-27-23(14-18)32-24-30-21-6-5-19(13-22(21)31-24)20-15-28-29-16-20/h5-8,13-17H,9-12H2,1-4H3,(H,28,29)(H2,27,30,31,32). The first-order valence-corrected chi connectivity index (χ1v) is 12.2. The fourth-order valence-corrected chi connectivity index (χ4v) is 4.38. The van der Waals surface area contributed by atoms with Crippen LogP contribution in [0.4, 0.5) is 16.6 Å². The van der Waals surface area contributed by atoms with Gasteiger partial charge in [0.1, 0.15) is 11.4 Å². The number of pyridine rings is 1. The van der Waals surface area contributed by atoms with Crippen molar-refractivity contribution in [2.45, 2.75) is 39.3 Å². The number of benzene rings is 1. The molecule has 1 aromatic carbocycles. The first-order chi connectivity index (χ1) is 17.2. The second kappa shape index (κ2) is 9.62. The molecule has 4 aromatic rings. The van der Waals surface area contributed by atoms with Crippen LogP contribution in [0.25, 0.3) is 22.2 Å². The van der Waals surface area contributed by atoms with Gasteiger partial charge in [0, 0.05) is 50.2 Å². The topological polar surface area (TPSA) is 115 Å². The number of nitrogens with zero attached hydrogens (tertiary/aromatic N) is 5. The molecule has 36 heavy (non-hydrogen) atoms. The number of aromatic amines is 2. The smallest absolute Gasteiger partial charge is 0.410 e. The summed E-state index contributed by atoms with van der Waals surface area (Å²) in [6.45, 7) is 10.7. The number of hydrogen-bond acceptors (Lipinski definition) is 7. The molecule has 1 aliphatic rings. The molecule has 3 N–H and O–H groups in total. The van der Waals surface area contributed by atoms with E-state index in [0.717, 1.165) is 46.6 Å². The van der Waals surface area contributed by atoms with Crippen molar-refractivity contribution in [3.63, 3.8) is 0 Å². The van der Waals surface area contributed by atoms with Crippen molar-refractivity contribution < 1.29 is 9.53 Å². The third kappa shape index (κ3) is 5.33. The number of anilines is 2. The molecule has 1 unspecified atom stereocenters. The summed E-state index contributed by atoms with van der Waals surface area (Å²) in [5, 5.41) is 10.2. The van der Waals surface area contributed by atoms with E-state index < -0.39 is 5.60 Å². The Morgan fingerprint density at radius 3 is 2.64 bits per heavy atom. The fraction of sp³-hybridized carbons (Fsp3) is 0.385. The maximum Gasteiger partial charge on any atom is 0.410 e. The molecule has 1 aliphatic heterocycles. The molecule has 0 saturated carbocycles. The van der Waals surface area contributed by atoms with Crippen LogP contribution < -0.4 is 5.32 Å². The van der Waals surface area contributed by atoms with E-state index in [-0.39, 0.29) is 12.1 Å². The molecule has 4 heterocycles. The van der Waals surface area contributed by atoms with Gasteiger partial charge in [-0.15, -0.1) is 0 Å². The third-order valence-corrected chi connectivity index (χ3v) is 6.34. The molecule has 0 radical (unpaired) electrons. The molecule has 1 fully saturated rings. The van der Waals surface area contributed by atoms with E-state index in [1.54, 1.807) is 11.1 Å². The Hall–Kier alpha value is -3.92. The predicted molar refractivity (Wildman–Crippen MR) is 139 cm³/mol. The van der Waals surface area contributed by atoms with E-state index in [2.05, 4.69) is 54.4 Å². The van der Waals surface area contributed by atoms with Crippen LogP contribution in [0.5, 0.6) is 0 Å². The number of H-pyrrole nitrogens is 2. The van der Waals surface area contributed by atoms with Crippen molar-refractivity contribution in [2.75, 3.05) is 31.5 Å². The minimum absolute atomic E-state index is 0.183. The first-order valence-electron chi connectivity index (χ1n) is 12.2. The minimum atomic E-state index is -0.482. The lowest BCUT2D eigenvalue weighted by molar-refractivity contribution is 0.0110. The zero-order valence-electron chi connectivity index (χ0n) is 21.1. The molecule has 5 rings (SSSR count). The second-order valence-electron chi connectivity index (χ2n) is 10.1.